The summed E-state index contributed by atoms with van der Waals surface area (Å²) >= 11 is 3.38. The number of halogens is 1. The van der Waals surface area contributed by atoms with Crippen LogP contribution < -0.4 is 0 Å². The van der Waals surface area contributed by atoms with Gasteiger partial charge in [0, 0.05) is 28.7 Å². The lowest BCUT2D eigenvalue weighted by Crippen LogP contribution is -2.30. The van der Waals surface area contributed by atoms with E-state index in [2.05, 4.69) is 22.9 Å². The summed E-state index contributed by atoms with van der Waals surface area (Å²) in [6, 6.07) is 11.9. The van der Waals surface area contributed by atoms with Crippen molar-refractivity contribution < 1.29 is 19.6 Å². The van der Waals surface area contributed by atoms with Crippen LogP contribution in [-0.4, -0.2) is 33.2 Å². The molecule has 0 spiro atoms. The lowest BCUT2D eigenvalue weighted by molar-refractivity contribution is -0.384. The molecule has 8 heteroatoms. The van der Waals surface area contributed by atoms with Crippen molar-refractivity contribution in [1.82, 2.24) is 4.90 Å². The minimum absolute atomic E-state index is 0.0426. The van der Waals surface area contributed by atoms with Crippen molar-refractivity contribution in [2.45, 2.75) is 103 Å². The molecule has 222 valence electrons. The zero-order valence-electron chi connectivity index (χ0n) is 24.2. The van der Waals surface area contributed by atoms with E-state index < -0.39 is 22.7 Å². The fourth-order valence-corrected chi connectivity index (χ4v) is 5.93. The Morgan fingerprint density at radius 2 is 1.41 bits per heavy atom. The first kappa shape index (κ1) is 32.5. The smallest absolute Gasteiger partial charge is 0.295 e. The number of benzene rings is 2. The van der Waals surface area contributed by atoms with Crippen LogP contribution in [0.4, 0.5) is 5.69 Å². The van der Waals surface area contributed by atoms with Gasteiger partial charge in [0.1, 0.15) is 5.76 Å². The van der Waals surface area contributed by atoms with E-state index >= 15 is 0 Å². The minimum Gasteiger partial charge on any atom is -0.507 e. The van der Waals surface area contributed by atoms with Gasteiger partial charge in [-0.2, -0.15) is 0 Å². The number of carbonyl (C=O) groups excluding carboxylic acids is 2. The first-order valence-corrected chi connectivity index (χ1v) is 15.9. The number of unbranched alkanes of at least 4 members (excludes halogenated alkanes) is 13. The van der Waals surface area contributed by atoms with Crippen LogP contribution in [0, 0.1) is 10.1 Å². The predicted molar refractivity (Wildman–Crippen MR) is 167 cm³/mol. The van der Waals surface area contributed by atoms with E-state index in [-0.39, 0.29) is 17.0 Å². The van der Waals surface area contributed by atoms with Crippen molar-refractivity contribution in [1.29, 1.82) is 0 Å². The predicted octanol–water partition coefficient (Wildman–Crippen LogP) is 9.26. The van der Waals surface area contributed by atoms with Gasteiger partial charge >= 0.3 is 0 Å². The first-order valence-electron chi connectivity index (χ1n) is 15.1. The lowest BCUT2D eigenvalue weighted by Gasteiger charge is -2.25. The summed E-state index contributed by atoms with van der Waals surface area (Å²) in [4.78, 5) is 38.8. The maximum absolute atomic E-state index is 13.2. The summed E-state index contributed by atoms with van der Waals surface area (Å²) in [7, 11) is 0. The summed E-state index contributed by atoms with van der Waals surface area (Å²) in [6.45, 7) is 2.58. The second-order valence-corrected chi connectivity index (χ2v) is 11.9. The third kappa shape index (κ3) is 9.52. The maximum atomic E-state index is 13.2. The molecule has 1 N–H and O–H groups in total. The molecule has 0 bridgehead atoms. The fourth-order valence-electron chi connectivity index (χ4n) is 5.53. The quantitative estimate of drug-likeness (QED) is 0.0443. The average molecular weight is 628 g/mol. The van der Waals surface area contributed by atoms with Crippen molar-refractivity contribution in [3.8, 4) is 0 Å². The van der Waals surface area contributed by atoms with Gasteiger partial charge in [-0.15, -0.1) is 0 Å². The van der Waals surface area contributed by atoms with Crippen LogP contribution in [-0.2, 0) is 9.59 Å². The molecular weight excluding hydrogens is 584 g/mol. The number of hydrogen-bond donors (Lipinski definition) is 1. The number of non-ortho nitro benzene ring substituents is 1. The van der Waals surface area contributed by atoms with Gasteiger partial charge < -0.3 is 10.0 Å². The number of nitro groups is 1. The third-order valence-corrected chi connectivity index (χ3v) is 8.28. The molecule has 41 heavy (non-hydrogen) atoms. The molecule has 1 heterocycles. The molecule has 7 nitrogen and oxygen atoms in total. The Labute approximate surface area is 252 Å². The number of aliphatic hydroxyl groups is 1. The minimum atomic E-state index is -0.893. The molecule has 1 saturated heterocycles. The van der Waals surface area contributed by atoms with Gasteiger partial charge in [0.2, 0.25) is 0 Å². The number of amides is 1. The Morgan fingerprint density at radius 1 is 0.854 bits per heavy atom. The zero-order valence-corrected chi connectivity index (χ0v) is 25.7. The van der Waals surface area contributed by atoms with E-state index in [9.17, 15) is 24.8 Å². The summed E-state index contributed by atoms with van der Waals surface area (Å²) in [5, 5.41) is 22.6. The molecule has 1 atom stereocenters. The van der Waals surface area contributed by atoms with Crippen LogP contribution >= 0.6 is 15.9 Å². The van der Waals surface area contributed by atoms with Crippen molar-refractivity contribution >= 4 is 39.1 Å². The van der Waals surface area contributed by atoms with Crippen molar-refractivity contribution in [3.63, 3.8) is 0 Å². The maximum Gasteiger partial charge on any atom is 0.295 e. The van der Waals surface area contributed by atoms with E-state index in [1.807, 2.05) is 0 Å². The van der Waals surface area contributed by atoms with Crippen LogP contribution in [0.1, 0.15) is 114 Å². The molecule has 0 saturated carbocycles. The van der Waals surface area contributed by atoms with Crippen molar-refractivity contribution in [2.24, 2.45) is 0 Å². The normalized spacial score (nSPS) is 16.4. The van der Waals surface area contributed by atoms with Gasteiger partial charge in [0.05, 0.1) is 16.5 Å². The number of carbonyl (C=O) groups is 2. The summed E-state index contributed by atoms with van der Waals surface area (Å²) < 4.78 is 0.713. The Hall–Kier alpha value is -3.00. The Balaban J connectivity index is 1.60. The molecular formula is C33H43BrN2O5. The molecule has 2 aromatic rings. The van der Waals surface area contributed by atoms with Gasteiger partial charge in [-0.25, -0.2) is 0 Å². The van der Waals surface area contributed by atoms with Gasteiger partial charge in [0.25, 0.3) is 17.4 Å². The average Bonchev–Trinajstić information content (AvgIpc) is 3.22. The van der Waals surface area contributed by atoms with E-state index in [1.165, 1.54) is 81.2 Å². The van der Waals surface area contributed by atoms with E-state index in [1.54, 1.807) is 36.4 Å². The molecule has 1 unspecified atom stereocenters. The number of likely N-dealkylation sites (tertiary alicyclic amines) is 1. The number of rotatable bonds is 18. The summed E-state index contributed by atoms with van der Waals surface area (Å²) in [5.41, 5.74) is 0.649. The van der Waals surface area contributed by atoms with Gasteiger partial charge in [-0.05, 0) is 24.1 Å². The highest BCUT2D eigenvalue weighted by Crippen LogP contribution is 2.40. The monoisotopic (exact) mass is 626 g/mol. The first-order chi connectivity index (χ1) is 19.8. The number of ketones is 1. The number of nitrogens with zero attached hydrogens (tertiary/aromatic N) is 2. The van der Waals surface area contributed by atoms with Gasteiger partial charge in [-0.3, -0.25) is 19.7 Å². The number of nitro benzene ring substituents is 1. The Bertz CT molecular complexity index is 1210. The highest BCUT2D eigenvalue weighted by molar-refractivity contribution is 9.10. The zero-order chi connectivity index (χ0) is 29.6. The number of Topliss-reactive ketones (excluding diaryl/α,β-unsaturated/α-hetero) is 1. The topological polar surface area (TPSA) is 101 Å². The molecule has 1 aliphatic heterocycles. The van der Waals surface area contributed by atoms with Gasteiger partial charge in [0.15, 0.2) is 0 Å². The Morgan fingerprint density at radius 3 is 1.98 bits per heavy atom. The summed E-state index contributed by atoms with van der Waals surface area (Å²) in [6.07, 6.45) is 17.0. The molecule has 0 aromatic heterocycles. The highest BCUT2D eigenvalue weighted by atomic mass is 79.9. The molecule has 2 aromatic carbocycles. The number of hydrogen-bond acceptors (Lipinski definition) is 5. The number of aliphatic hydroxyl groups excluding tert-OH is 1. The van der Waals surface area contributed by atoms with Gasteiger partial charge in [-0.1, -0.05) is 131 Å². The molecule has 1 aliphatic rings. The second-order valence-electron chi connectivity index (χ2n) is 11.0. The van der Waals surface area contributed by atoms with Crippen LogP contribution in [0.3, 0.4) is 0 Å². The largest absolute Gasteiger partial charge is 0.507 e. The van der Waals surface area contributed by atoms with E-state index in [4.69, 9.17) is 0 Å². The SMILES string of the molecule is CCCCCCCCCCCCCCCCN1C(=O)C(=O)C(=C(O)c2cccc(Br)c2)C1c1cccc([N+](=O)[O-])c1. The molecule has 0 aliphatic carbocycles. The fraction of sp³-hybridized carbons (Fsp3) is 0.515. The third-order valence-electron chi connectivity index (χ3n) is 7.79. The molecule has 0 radical (unpaired) electrons. The molecule has 3 rings (SSSR count). The second kappa shape index (κ2) is 17.1. The van der Waals surface area contributed by atoms with Crippen LogP contribution in [0.2, 0.25) is 0 Å². The molecule has 1 amide bonds. The molecule has 1 fully saturated rings. The summed E-state index contributed by atoms with van der Waals surface area (Å²) in [5.74, 6) is -1.75. The standard InChI is InChI=1S/C33H43BrN2O5/c1-2-3-4-5-6-7-8-9-10-11-12-13-14-15-22-35-30(25-18-17-21-28(24-25)36(40)41)29(32(38)33(35)39)31(37)26-19-16-20-27(34)23-26/h16-21,23-24,30,37H,2-15,22H2,1H3. The van der Waals surface area contributed by atoms with Crippen molar-refractivity contribution in [3.05, 3.63) is 79.8 Å². The van der Waals surface area contributed by atoms with Crippen LogP contribution in [0.5, 0.6) is 0 Å². The highest BCUT2D eigenvalue weighted by Gasteiger charge is 2.46. The van der Waals surface area contributed by atoms with Crippen molar-refractivity contribution in [2.75, 3.05) is 6.54 Å². The lowest BCUT2D eigenvalue weighted by atomic mass is 9.95. The van der Waals surface area contributed by atoms with Crippen LogP contribution in [0.15, 0.2) is 58.6 Å². The van der Waals surface area contributed by atoms with E-state index in [0.29, 0.717) is 28.6 Å². The Kier molecular flexibility index (Phi) is 13.5. The van der Waals surface area contributed by atoms with Crippen LogP contribution in [0.25, 0.3) is 5.76 Å². The van der Waals surface area contributed by atoms with E-state index in [0.717, 1.165) is 19.3 Å².